The minimum absolute atomic E-state index is 0.0712. The number of nitriles is 1. The summed E-state index contributed by atoms with van der Waals surface area (Å²) >= 11 is 0. The van der Waals surface area contributed by atoms with Crippen molar-refractivity contribution in [3.63, 3.8) is 0 Å². The van der Waals surface area contributed by atoms with Crippen LogP contribution >= 0.6 is 0 Å². The summed E-state index contributed by atoms with van der Waals surface area (Å²) in [5.41, 5.74) is 1.80. The minimum atomic E-state index is 0.0712. The van der Waals surface area contributed by atoms with Crippen molar-refractivity contribution in [2.24, 2.45) is 16.7 Å². The molecule has 1 aliphatic rings. The van der Waals surface area contributed by atoms with Crippen molar-refractivity contribution in [1.82, 2.24) is 5.32 Å². The van der Waals surface area contributed by atoms with E-state index in [0.717, 1.165) is 5.56 Å². The van der Waals surface area contributed by atoms with Crippen molar-refractivity contribution in [2.75, 3.05) is 0 Å². The summed E-state index contributed by atoms with van der Waals surface area (Å²) in [6.45, 7) is 9.07. The van der Waals surface area contributed by atoms with Gasteiger partial charge in [-0.2, -0.15) is 5.26 Å². The molecular weight excluding hydrogens is 236 g/mol. The number of carbonyl (C=O) groups is 1. The van der Waals surface area contributed by atoms with Crippen LogP contribution in [0.15, 0.2) is 24.3 Å². The zero-order valence-electron chi connectivity index (χ0n) is 11.9. The quantitative estimate of drug-likeness (QED) is 0.904. The highest BCUT2D eigenvalue weighted by Gasteiger charge is 2.68. The van der Waals surface area contributed by atoms with Gasteiger partial charge < -0.3 is 5.32 Å². The number of amides is 1. The Hall–Kier alpha value is -1.82. The van der Waals surface area contributed by atoms with Crippen LogP contribution in [-0.2, 0) is 11.3 Å². The van der Waals surface area contributed by atoms with Crippen LogP contribution in [0, 0.1) is 28.1 Å². The fourth-order valence-corrected chi connectivity index (χ4v) is 2.84. The first kappa shape index (κ1) is 13.6. The molecule has 1 N–H and O–H groups in total. The number of hydrogen-bond acceptors (Lipinski definition) is 2. The van der Waals surface area contributed by atoms with Gasteiger partial charge >= 0.3 is 0 Å². The first-order chi connectivity index (χ1) is 8.80. The SMILES string of the molecule is CC1(C)C(C(=O)NCc2ccc(C#N)cc2)C1(C)C. The molecule has 0 heterocycles. The fourth-order valence-electron chi connectivity index (χ4n) is 2.84. The van der Waals surface area contributed by atoms with Gasteiger partial charge in [-0.15, -0.1) is 0 Å². The third-order valence-corrected chi connectivity index (χ3v) is 4.83. The van der Waals surface area contributed by atoms with Gasteiger partial charge in [0, 0.05) is 12.5 Å². The van der Waals surface area contributed by atoms with E-state index in [1.807, 2.05) is 12.1 Å². The molecule has 0 spiro atoms. The molecule has 0 bridgehead atoms. The van der Waals surface area contributed by atoms with Crippen LogP contribution in [0.4, 0.5) is 0 Å². The molecule has 0 radical (unpaired) electrons. The Bertz CT molecular complexity index is 521. The topological polar surface area (TPSA) is 52.9 Å². The van der Waals surface area contributed by atoms with E-state index in [1.54, 1.807) is 12.1 Å². The Morgan fingerprint density at radius 1 is 1.21 bits per heavy atom. The maximum absolute atomic E-state index is 12.2. The van der Waals surface area contributed by atoms with Gasteiger partial charge in [0.15, 0.2) is 0 Å². The fraction of sp³-hybridized carbons (Fsp3) is 0.500. The van der Waals surface area contributed by atoms with E-state index >= 15 is 0 Å². The molecule has 1 amide bonds. The Morgan fingerprint density at radius 3 is 2.16 bits per heavy atom. The van der Waals surface area contributed by atoms with Crippen molar-refractivity contribution in [1.29, 1.82) is 5.26 Å². The molecule has 1 fully saturated rings. The average molecular weight is 256 g/mol. The van der Waals surface area contributed by atoms with E-state index in [-0.39, 0.29) is 22.7 Å². The van der Waals surface area contributed by atoms with Crippen LogP contribution in [0.3, 0.4) is 0 Å². The van der Waals surface area contributed by atoms with Crippen LogP contribution in [0.2, 0.25) is 0 Å². The molecule has 0 aromatic heterocycles. The molecule has 3 nitrogen and oxygen atoms in total. The van der Waals surface area contributed by atoms with Gasteiger partial charge in [0.2, 0.25) is 5.91 Å². The molecule has 19 heavy (non-hydrogen) atoms. The van der Waals surface area contributed by atoms with Crippen LogP contribution in [0.1, 0.15) is 38.8 Å². The van der Waals surface area contributed by atoms with Crippen LogP contribution < -0.4 is 5.32 Å². The summed E-state index contributed by atoms with van der Waals surface area (Å²) in [4.78, 5) is 12.2. The molecule has 100 valence electrons. The first-order valence-electron chi connectivity index (χ1n) is 6.57. The largest absolute Gasteiger partial charge is 0.352 e. The van der Waals surface area contributed by atoms with Crippen LogP contribution in [-0.4, -0.2) is 5.91 Å². The second kappa shape index (κ2) is 4.38. The second-order valence-electron chi connectivity index (χ2n) is 6.40. The van der Waals surface area contributed by atoms with Crippen LogP contribution in [0.25, 0.3) is 0 Å². The van der Waals surface area contributed by atoms with Gasteiger partial charge in [0.25, 0.3) is 0 Å². The normalized spacial score (nSPS) is 19.5. The molecule has 0 atom stereocenters. The smallest absolute Gasteiger partial charge is 0.224 e. The zero-order chi connectivity index (χ0) is 14.3. The van der Waals surface area contributed by atoms with Crippen molar-refractivity contribution < 1.29 is 4.79 Å². The van der Waals surface area contributed by atoms with Gasteiger partial charge in [-0.1, -0.05) is 39.8 Å². The molecule has 1 aromatic carbocycles. The third kappa shape index (κ3) is 2.23. The van der Waals surface area contributed by atoms with Crippen molar-refractivity contribution in [2.45, 2.75) is 34.2 Å². The van der Waals surface area contributed by atoms with Gasteiger partial charge in [0.05, 0.1) is 11.6 Å². The monoisotopic (exact) mass is 256 g/mol. The van der Waals surface area contributed by atoms with Crippen molar-refractivity contribution in [3.8, 4) is 6.07 Å². The summed E-state index contributed by atoms with van der Waals surface area (Å²) in [6.07, 6.45) is 0. The molecular formula is C16H20N2O. The summed E-state index contributed by atoms with van der Waals surface area (Å²) in [7, 11) is 0. The van der Waals surface area contributed by atoms with Gasteiger partial charge in [-0.25, -0.2) is 0 Å². The number of nitrogens with one attached hydrogen (secondary N) is 1. The van der Waals surface area contributed by atoms with E-state index in [4.69, 9.17) is 5.26 Å². The lowest BCUT2D eigenvalue weighted by molar-refractivity contribution is -0.123. The molecule has 2 rings (SSSR count). The first-order valence-corrected chi connectivity index (χ1v) is 6.57. The minimum Gasteiger partial charge on any atom is -0.352 e. The van der Waals surface area contributed by atoms with E-state index in [2.05, 4.69) is 39.1 Å². The second-order valence-corrected chi connectivity index (χ2v) is 6.40. The standard InChI is InChI=1S/C16H20N2O/c1-15(2)13(16(15,3)4)14(19)18-10-12-7-5-11(9-17)6-8-12/h5-8,13H,10H2,1-4H3,(H,18,19). The number of nitrogens with zero attached hydrogens (tertiary/aromatic N) is 1. The maximum Gasteiger partial charge on any atom is 0.224 e. The zero-order valence-corrected chi connectivity index (χ0v) is 11.9. The molecule has 0 aliphatic heterocycles. The predicted molar refractivity (Wildman–Crippen MR) is 74.1 cm³/mol. The van der Waals surface area contributed by atoms with Crippen molar-refractivity contribution >= 4 is 5.91 Å². The summed E-state index contributed by atoms with van der Waals surface area (Å²) in [5.74, 6) is 0.206. The molecule has 0 saturated heterocycles. The van der Waals surface area contributed by atoms with E-state index in [9.17, 15) is 4.79 Å². The summed E-state index contributed by atoms with van der Waals surface area (Å²) in [5, 5.41) is 11.7. The Labute approximate surface area is 114 Å². The highest BCUT2D eigenvalue weighted by molar-refractivity contribution is 5.84. The number of rotatable bonds is 3. The highest BCUT2D eigenvalue weighted by atomic mass is 16.2. The molecule has 1 aliphatic carbocycles. The number of benzene rings is 1. The number of hydrogen-bond donors (Lipinski definition) is 1. The van der Waals surface area contributed by atoms with Gasteiger partial charge in [-0.3, -0.25) is 4.79 Å². The van der Waals surface area contributed by atoms with E-state index < -0.39 is 0 Å². The molecule has 1 saturated carbocycles. The van der Waals surface area contributed by atoms with E-state index in [1.165, 1.54) is 0 Å². The summed E-state index contributed by atoms with van der Waals surface area (Å²) in [6, 6.07) is 9.38. The lowest BCUT2D eigenvalue weighted by atomic mass is 10.0. The average Bonchev–Trinajstić information content (AvgIpc) is 2.77. The van der Waals surface area contributed by atoms with Crippen LogP contribution in [0.5, 0.6) is 0 Å². The molecule has 3 heteroatoms. The maximum atomic E-state index is 12.2. The highest BCUT2D eigenvalue weighted by Crippen LogP contribution is 2.68. The van der Waals surface area contributed by atoms with E-state index in [0.29, 0.717) is 12.1 Å². The molecule has 1 aromatic rings. The van der Waals surface area contributed by atoms with Gasteiger partial charge in [0.1, 0.15) is 0 Å². The Morgan fingerprint density at radius 2 is 1.74 bits per heavy atom. The molecule has 0 unspecified atom stereocenters. The lowest BCUT2D eigenvalue weighted by Gasteiger charge is -2.06. The van der Waals surface area contributed by atoms with Gasteiger partial charge in [-0.05, 0) is 28.5 Å². The predicted octanol–water partition coefficient (Wildman–Crippen LogP) is 2.86. The Balaban J connectivity index is 1.93. The number of carbonyl (C=O) groups excluding carboxylic acids is 1. The lowest BCUT2D eigenvalue weighted by Crippen LogP contribution is -2.26. The Kier molecular flexibility index (Phi) is 3.14. The third-order valence-electron chi connectivity index (χ3n) is 4.83. The summed E-state index contributed by atoms with van der Waals surface area (Å²) < 4.78 is 0. The van der Waals surface area contributed by atoms with Crippen molar-refractivity contribution in [3.05, 3.63) is 35.4 Å².